The Bertz CT molecular complexity index is 198. The van der Waals surface area contributed by atoms with Crippen molar-refractivity contribution in [2.45, 2.75) is 39.2 Å². The molecule has 0 radical (unpaired) electrons. The minimum Gasteiger partial charge on any atom is -0.462 e. The first kappa shape index (κ1) is 9.23. The summed E-state index contributed by atoms with van der Waals surface area (Å²) >= 11 is 0. The molecule has 0 aromatic heterocycles. The zero-order chi connectivity index (χ0) is 9.14. The van der Waals surface area contributed by atoms with Gasteiger partial charge in [-0.1, -0.05) is 13.8 Å². The van der Waals surface area contributed by atoms with E-state index in [1.807, 2.05) is 13.8 Å². The summed E-state index contributed by atoms with van der Waals surface area (Å²) in [6.07, 6.45) is 1.53. The van der Waals surface area contributed by atoms with Gasteiger partial charge in [0.15, 0.2) is 0 Å². The number of hydrogen-bond donors (Lipinski definition) is 0. The molecule has 0 aliphatic carbocycles. The van der Waals surface area contributed by atoms with Gasteiger partial charge in [0, 0.05) is 12.8 Å². The molecule has 0 aromatic rings. The van der Waals surface area contributed by atoms with Crippen LogP contribution in [0, 0.1) is 5.92 Å². The molecule has 1 heterocycles. The molecule has 0 unspecified atom stereocenters. The maximum atomic E-state index is 11.2. The van der Waals surface area contributed by atoms with Crippen molar-refractivity contribution in [1.82, 2.24) is 0 Å². The minimum atomic E-state index is -0.171. The van der Waals surface area contributed by atoms with Crippen molar-refractivity contribution in [3.05, 3.63) is 0 Å². The van der Waals surface area contributed by atoms with Gasteiger partial charge in [-0.25, -0.2) is 0 Å². The summed E-state index contributed by atoms with van der Waals surface area (Å²) in [7, 11) is 0. The van der Waals surface area contributed by atoms with Crippen LogP contribution in [0.4, 0.5) is 0 Å². The predicted octanol–water partition coefficient (Wildman–Crippen LogP) is 1.31. The molecule has 68 valence electrons. The first-order valence-electron chi connectivity index (χ1n) is 4.37. The van der Waals surface area contributed by atoms with E-state index in [4.69, 9.17) is 4.74 Å². The Balaban J connectivity index is 2.48. The minimum absolute atomic E-state index is 0.124. The van der Waals surface area contributed by atoms with Crippen molar-refractivity contribution in [3.63, 3.8) is 0 Å². The SMILES string of the molecule is CCC(=O)[C@H](C)[C@@H]1CCC(=O)O1. The molecule has 0 amide bonds. The van der Waals surface area contributed by atoms with E-state index in [2.05, 4.69) is 0 Å². The zero-order valence-electron chi connectivity index (χ0n) is 7.50. The molecular weight excluding hydrogens is 156 g/mol. The fourth-order valence-electron chi connectivity index (χ4n) is 1.43. The highest BCUT2D eigenvalue weighted by atomic mass is 16.5. The molecule has 0 bridgehead atoms. The highest BCUT2D eigenvalue weighted by molar-refractivity contribution is 5.82. The summed E-state index contributed by atoms with van der Waals surface area (Å²) in [5.74, 6) is -0.119. The van der Waals surface area contributed by atoms with Crippen LogP contribution in [0.1, 0.15) is 33.1 Å². The standard InChI is InChI=1S/C9H14O3/c1-3-7(10)6(2)8-4-5-9(11)12-8/h6,8H,3-5H2,1-2H3/t6-,8-/m0/s1. The topological polar surface area (TPSA) is 43.4 Å². The molecule has 12 heavy (non-hydrogen) atoms. The second kappa shape index (κ2) is 3.70. The van der Waals surface area contributed by atoms with E-state index in [-0.39, 0.29) is 23.8 Å². The molecule has 1 fully saturated rings. The first-order valence-corrected chi connectivity index (χ1v) is 4.37. The molecule has 0 spiro atoms. The molecule has 2 atom stereocenters. The van der Waals surface area contributed by atoms with E-state index >= 15 is 0 Å². The normalized spacial score (nSPS) is 25.2. The van der Waals surface area contributed by atoms with Crippen molar-refractivity contribution < 1.29 is 14.3 Å². The van der Waals surface area contributed by atoms with E-state index in [0.717, 1.165) is 0 Å². The van der Waals surface area contributed by atoms with Gasteiger partial charge in [0.2, 0.25) is 0 Å². The van der Waals surface area contributed by atoms with Gasteiger partial charge >= 0.3 is 5.97 Å². The van der Waals surface area contributed by atoms with E-state index in [0.29, 0.717) is 19.3 Å². The maximum absolute atomic E-state index is 11.2. The van der Waals surface area contributed by atoms with Crippen LogP contribution in [0.2, 0.25) is 0 Å². The van der Waals surface area contributed by atoms with E-state index in [9.17, 15) is 9.59 Å². The fourth-order valence-corrected chi connectivity index (χ4v) is 1.43. The Morgan fingerprint density at radius 2 is 2.42 bits per heavy atom. The lowest BCUT2D eigenvalue weighted by Crippen LogP contribution is -2.24. The Labute approximate surface area is 72.1 Å². The van der Waals surface area contributed by atoms with Crippen LogP contribution >= 0.6 is 0 Å². The maximum Gasteiger partial charge on any atom is 0.306 e. The van der Waals surface area contributed by atoms with Gasteiger partial charge in [0.05, 0.1) is 5.92 Å². The van der Waals surface area contributed by atoms with Crippen molar-refractivity contribution in [2.24, 2.45) is 5.92 Å². The molecule has 0 aromatic carbocycles. The van der Waals surface area contributed by atoms with Gasteiger partial charge in [-0.15, -0.1) is 0 Å². The second-order valence-electron chi connectivity index (χ2n) is 3.18. The van der Waals surface area contributed by atoms with Gasteiger partial charge in [0.25, 0.3) is 0 Å². The van der Waals surface area contributed by atoms with Crippen molar-refractivity contribution in [2.75, 3.05) is 0 Å². The number of Topliss-reactive ketones (excluding diaryl/α,β-unsaturated/α-hetero) is 1. The molecule has 3 nitrogen and oxygen atoms in total. The number of ketones is 1. The number of cyclic esters (lactones) is 1. The Hall–Kier alpha value is -0.860. The van der Waals surface area contributed by atoms with Gasteiger partial charge < -0.3 is 4.74 Å². The summed E-state index contributed by atoms with van der Waals surface area (Å²) in [5, 5.41) is 0. The molecule has 3 heteroatoms. The van der Waals surface area contributed by atoms with Crippen molar-refractivity contribution in [3.8, 4) is 0 Å². The van der Waals surface area contributed by atoms with Gasteiger partial charge in [0.1, 0.15) is 11.9 Å². The molecule has 0 saturated carbocycles. The third kappa shape index (κ3) is 1.84. The highest BCUT2D eigenvalue weighted by Gasteiger charge is 2.31. The lowest BCUT2D eigenvalue weighted by Gasteiger charge is -2.15. The average Bonchev–Trinajstić information content (AvgIpc) is 2.49. The largest absolute Gasteiger partial charge is 0.462 e. The zero-order valence-corrected chi connectivity index (χ0v) is 7.50. The Morgan fingerprint density at radius 3 is 2.83 bits per heavy atom. The summed E-state index contributed by atoms with van der Waals surface area (Å²) in [6.45, 7) is 3.66. The number of carbonyl (C=O) groups excluding carboxylic acids is 2. The third-order valence-corrected chi connectivity index (χ3v) is 2.33. The van der Waals surface area contributed by atoms with E-state index in [1.165, 1.54) is 0 Å². The van der Waals surface area contributed by atoms with Crippen LogP contribution in [-0.4, -0.2) is 17.9 Å². The molecule has 1 saturated heterocycles. The van der Waals surface area contributed by atoms with Crippen LogP contribution in [0.5, 0.6) is 0 Å². The Morgan fingerprint density at radius 1 is 1.75 bits per heavy atom. The highest BCUT2D eigenvalue weighted by Crippen LogP contribution is 2.22. The summed E-state index contributed by atoms with van der Waals surface area (Å²) in [4.78, 5) is 21.9. The number of esters is 1. The molecule has 1 aliphatic rings. The number of carbonyl (C=O) groups is 2. The molecular formula is C9H14O3. The lowest BCUT2D eigenvalue weighted by molar-refractivity contribution is -0.144. The third-order valence-electron chi connectivity index (χ3n) is 2.33. The lowest BCUT2D eigenvalue weighted by atomic mass is 9.96. The Kier molecular flexibility index (Phi) is 2.84. The van der Waals surface area contributed by atoms with Crippen LogP contribution in [0.25, 0.3) is 0 Å². The summed E-state index contributed by atoms with van der Waals surface area (Å²) in [6, 6.07) is 0. The van der Waals surface area contributed by atoms with Crippen molar-refractivity contribution >= 4 is 11.8 Å². The first-order chi connectivity index (χ1) is 5.65. The quantitative estimate of drug-likeness (QED) is 0.600. The monoisotopic (exact) mass is 170 g/mol. The summed E-state index contributed by atoms with van der Waals surface area (Å²) in [5.41, 5.74) is 0. The number of hydrogen-bond acceptors (Lipinski definition) is 3. The van der Waals surface area contributed by atoms with E-state index in [1.54, 1.807) is 0 Å². The predicted molar refractivity (Wildman–Crippen MR) is 43.6 cm³/mol. The van der Waals surface area contributed by atoms with Crippen LogP contribution in [0.3, 0.4) is 0 Å². The molecule has 1 aliphatic heterocycles. The number of ether oxygens (including phenoxy) is 1. The van der Waals surface area contributed by atoms with E-state index < -0.39 is 0 Å². The molecule has 0 N–H and O–H groups in total. The van der Waals surface area contributed by atoms with Gasteiger partial charge in [-0.2, -0.15) is 0 Å². The average molecular weight is 170 g/mol. The van der Waals surface area contributed by atoms with Gasteiger partial charge in [-0.3, -0.25) is 9.59 Å². The smallest absolute Gasteiger partial charge is 0.306 e. The van der Waals surface area contributed by atoms with Crippen molar-refractivity contribution in [1.29, 1.82) is 0 Å². The van der Waals surface area contributed by atoms with Crippen LogP contribution in [-0.2, 0) is 14.3 Å². The second-order valence-corrected chi connectivity index (χ2v) is 3.18. The van der Waals surface area contributed by atoms with Crippen LogP contribution in [0.15, 0.2) is 0 Å². The summed E-state index contributed by atoms with van der Waals surface area (Å²) < 4.78 is 4.99. The number of rotatable bonds is 3. The van der Waals surface area contributed by atoms with Crippen LogP contribution < -0.4 is 0 Å². The fraction of sp³-hybridized carbons (Fsp3) is 0.778. The van der Waals surface area contributed by atoms with Gasteiger partial charge in [-0.05, 0) is 6.42 Å². The molecule has 1 rings (SSSR count).